The number of rotatable bonds is 1. The van der Waals surface area contributed by atoms with Crippen molar-refractivity contribution in [2.24, 2.45) is 11.8 Å². The molecule has 104 valence electrons. The van der Waals surface area contributed by atoms with Crippen LogP contribution < -0.4 is 0 Å². The molecule has 0 heterocycles. The molecule has 18 heavy (non-hydrogen) atoms. The maximum absolute atomic E-state index is 2.38. The molecule has 1 saturated carbocycles. The number of hydrogen-bond donors (Lipinski definition) is 0. The summed E-state index contributed by atoms with van der Waals surface area (Å²) in [7, 11) is 0. The zero-order valence-electron chi connectivity index (χ0n) is 13.5. The van der Waals surface area contributed by atoms with Gasteiger partial charge in [0.15, 0.2) is 0 Å². The Morgan fingerprint density at radius 3 is 1.72 bits per heavy atom. The molecule has 0 nitrogen and oxygen atoms in total. The van der Waals surface area contributed by atoms with Crippen LogP contribution in [0.1, 0.15) is 66.9 Å². The summed E-state index contributed by atoms with van der Waals surface area (Å²) in [5.74, 6) is 1.76. The van der Waals surface area contributed by atoms with Crippen molar-refractivity contribution in [2.75, 3.05) is 0 Å². The second kappa shape index (κ2) is 8.34. The summed E-state index contributed by atoms with van der Waals surface area (Å²) in [6.45, 7) is 15.2. The van der Waals surface area contributed by atoms with E-state index in [1.54, 1.807) is 0 Å². The molecule has 0 bridgehead atoms. The first-order valence-electron chi connectivity index (χ1n) is 7.49. The molecule has 2 rings (SSSR count). The Morgan fingerprint density at radius 2 is 1.39 bits per heavy atom. The molecule has 0 aromatic heterocycles. The van der Waals surface area contributed by atoms with Crippen LogP contribution in [-0.2, 0) is 5.41 Å². The topological polar surface area (TPSA) is 0 Å². The third-order valence-electron chi connectivity index (χ3n) is 3.07. The Labute approximate surface area is 115 Å². The van der Waals surface area contributed by atoms with Crippen LogP contribution in [0.2, 0.25) is 0 Å². The van der Waals surface area contributed by atoms with E-state index in [-0.39, 0.29) is 0 Å². The van der Waals surface area contributed by atoms with Crippen LogP contribution in [0.15, 0.2) is 30.3 Å². The molecule has 0 radical (unpaired) electrons. The predicted octanol–water partition coefficient (Wildman–Crippen LogP) is 6.06. The molecule has 0 amide bonds. The Hall–Kier alpha value is -0.780. The van der Waals surface area contributed by atoms with Crippen LogP contribution >= 0.6 is 0 Å². The van der Waals surface area contributed by atoms with E-state index in [2.05, 4.69) is 65.0 Å². The first-order valence-corrected chi connectivity index (χ1v) is 7.49. The highest BCUT2D eigenvalue weighted by atomic mass is 14.4. The van der Waals surface area contributed by atoms with E-state index in [0.29, 0.717) is 5.41 Å². The predicted molar refractivity (Wildman–Crippen MR) is 84.1 cm³/mol. The summed E-state index contributed by atoms with van der Waals surface area (Å²) in [6, 6.07) is 10.9. The van der Waals surface area contributed by atoms with E-state index in [4.69, 9.17) is 0 Å². The van der Waals surface area contributed by atoms with Crippen molar-refractivity contribution in [1.29, 1.82) is 0 Å². The Kier molecular flexibility index (Phi) is 7.98. The van der Waals surface area contributed by atoms with Gasteiger partial charge in [0.25, 0.3) is 0 Å². The summed E-state index contributed by atoms with van der Waals surface area (Å²) < 4.78 is 0. The lowest BCUT2D eigenvalue weighted by Crippen LogP contribution is -2.36. The van der Waals surface area contributed by atoms with Gasteiger partial charge in [-0.25, -0.2) is 0 Å². The van der Waals surface area contributed by atoms with Gasteiger partial charge < -0.3 is 0 Å². The van der Waals surface area contributed by atoms with Crippen molar-refractivity contribution in [3.63, 3.8) is 0 Å². The second-order valence-electron chi connectivity index (χ2n) is 6.17. The molecule has 1 aliphatic rings. The molecule has 0 aliphatic heterocycles. The molecule has 1 aliphatic carbocycles. The van der Waals surface area contributed by atoms with Crippen molar-refractivity contribution < 1.29 is 0 Å². The lowest BCUT2D eigenvalue weighted by atomic mass is 9.60. The van der Waals surface area contributed by atoms with E-state index in [9.17, 15) is 0 Å². The zero-order chi connectivity index (χ0) is 14.2. The van der Waals surface area contributed by atoms with Gasteiger partial charge in [0, 0.05) is 0 Å². The first-order chi connectivity index (χ1) is 8.44. The van der Waals surface area contributed by atoms with Crippen molar-refractivity contribution in [3.05, 3.63) is 35.9 Å². The highest BCUT2D eigenvalue weighted by molar-refractivity contribution is 5.27. The molecule has 1 fully saturated rings. The molecule has 1 aromatic carbocycles. The summed E-state index contributed by atoms with van der Waals surface area (Å²) >= 11 is 0. The monoisotopic (exact) mass is 248 g/mol. The Morgan fingerprint density at radius 1 is 1.00 bits per heavy atom. The van der Waals surface area contributed by atoms with E-state index in [0.717, 1.165) is 11.8 Å². The van der Waals surface area contributed by atoms with E-state index < -0.39 is 0 Å². The van der Waals surface area contributed by atoms with E-state index in [1.807, 2.05) is 13.8 Å². The van der Waals surface area contributed by atoms with E-state index in [1.165, 1.54) is 18.4 Å². The largest absolute Gasteiger partial charge is 0.0683 e. The molecule has 0 N–H and O–H groups in total. The number of benzene rings is 1. The third-order valence-corrected chi connectivity index (χ3v) is 3.07. The molecular formula is C18H32. The standard InChI is InChI=1S/C12H16.C4H10.C2H6/c1-10-8-12(2,9-10)11-6-4-3-5-7-11;1-4(2)3;1-2/h3-7,10H,8-9H2,1-2H3;4H,1-3H3;1-2H3. The summed E-state index contributed by atoms with van der Waals surface area (Å²) in [5, 5.41) is 0. The molecule has 0 spiro atoms. The van der Waals surface area contributed by atoms with Crippen LogP contribution in [0.3, 0.4) is 0 Å². The molecule has 0 saturated heterocycles. The highest BCUT2D eigenvalue weighted by Gasteiger charge is 2.38. The maximum Gasteiger partial charge on any atom is -0.00702 e. The maximum atomic E-state index is 2.38. The smallest absolute Gasteiger partial charge is 0.00702 e. The van der Waals surface area contributed by atoms with Crippen LogP contribution in [-0.4, -0.2) is 0 Å². The SMILES string of the molecule is CC.CC(C)C.CC1CC(C)(c2ccccc2)C1. The van der Waals surface area contributed by atoms with Crippen LogP contribution in [0.25, 0.3) is 0 Å². The molecular weight excluding hydrogens is 216 g/mol. The van der Waals surface area contributed by atoms with Crippen LogP contribution in [0, 0.1) is 11.8 Å². The van der Waals surface area contributed by atoms with Crippen molar-refractivity contribution in [1.82, 2.24) is 0 Å². The van der Waals surface area contributed by atoms with Gasteiger partial charge in [0.1, 0.15) is 0 Å². The Balaban J connectivity index is 0.000000415. The summed E-state index contributed by atoms with van der Waals surface area (Å²) in [5.41, 5.74) is 2.00. The fraction of sp³-hybridized carbons (Fsp3) is 0.667. The molecule has 0 heteroatoms. The van der Waals surface area contributed by atoms with Crippen molar-refractivity contribution >= 4 is 0 Å². The fourth-order valence-electron chi connectivity index (χ4n) is 2.55. The van der Waals surface area contributed by atoms with Crippen LogP contribution in [0.5, 0.6) is 0 Å². The van der Waals surface area contributed by atoms with Gasteiger partial charge in [-0.1, -0.05) is 78.8 Å². The van der Waals surface area contributed by atoms with Crippen molar-refractivity contribution in [2.45, 2.75) is 66.7 Å². The normalized spacial score (nSPS) is 25.2. The first kappa shape index (κ1) is 17.2. The fourth-order valence-corrected chi connectivity index (χ4v) is 2.55. The minimum absolute atomic E-state index is 0.487. The summed E-state index contributed by atoms with van der Waals surface area (Å²) in [6.07, 6.45) is 2.72. The van der Waals surface area contributed by atoms with Gasteiger partial charge in [-0.15, -0.1) is 0 Å². The molecule has 1 aromatic rings. The Bertz CT molecular complexity index is 288. The van der Waals surface area contributed by atoms with Gasteiger partial charge in [0.05, 0.1) is 0 Å². The zero-order valence-corrected chi connectivity index (χ0v) is 13.5. The van der Waals surface area contributed by atoms with Gasteiger partial charge in [-0.2, -0.15) is 0 Å². The lowest BCUT2D eigenvalue weighted by molar-refractivity contribution is 0.178. The lowest BCUT2D eigenvalue weighted by Gasteiger charge is -2.44. The van der Waals surface area contributed by atoms with Gasteiger partial charge in [-0.05, 0) is 35.7 Å². The molecule has 0 unspecified atom stereocenters. The average Bonchev–Trinajstić information content (AvgIpc) is 2.30. The van der Waals surface area contributed by atoms with Crippen LogP contribution in [0.4, 0.5) is 0 Å². The summed E-state index contributed by atoms with van der Waals surface area (Å²) in [4.78, 5) is 0. The van der Waals surface area contributed by atoms with Crippen molar-refractivity contribution in [3.8, 4) is 0 Å². The van der Waals surface area contributed by atoms with E-state index >= 15 is 0 Å². The number of hydrogen-bond acceptors (Lipinski definition) is 0. The molecule has 0 atom stereocenters. The van der Waals surface area contributed by atoms with Gasteiger partial charge in [0.2, 0.25) is 0 Å². The van der Waals surface area contributed by atoms with Gasteiger partial charge in [-0.3, -0.25) is 0 Å². The minimum Gasteiger partial charge on any atom is -0.0683 e. The quantitative estimate of drug-likeness (QED) is 0.566. The minimum atomic E-state index is 0.487. The third kappa shape index (κ3) is 5.71. The second-order valence-corrected chi connectivity index (χ2v) is 6.17. The highest BCUT2D eigenvalue weighted by Crippen LogP contribution is 2.46. The van der Waals surface area contributed by atoms with Gasteiger partial charge >= 0.3 is 0 Å². The average molecular weight is 248 g/mol.